The number of rotatable bonds is 7. The molecule has 1 aromatic rings. The maximum atomic E-state index is 5.14. The Balaban J connectivity index is 2.87. The summed E-state index contributed by atoms with van der Waals surface area (Å²) in [4.78, 5) is 8.40. The molecule has 0 spiro atoms. The number of hydrogen-bond acceptors (Lipinski definition) is 4. The third kappa shape index (κ3) is 3.97. The van der Waals surface area contributed by atoms with Crippen molar-refractivity contribution in [3.8, 4) is 5.88 Å². The second-order valence-corrected chi connectivity index (χ2v) is 4.29. The number of methoxy groups -OCH3 is 1. The molecule has 4 nitrogen and oxygen atoms in total. The van der Waals surface area contributed by atoms with Crippen LogP contribution in [0.1, 0.15) is 45.3 Å². The van der Waals surface area contributed by atoms with Crippen molar-refractivity contribution < 1.29 is 4.74 Å². The molecule has 17 heavy (non-hydrogen) atoms. The molecule has 0 saturated carbocycles. The largest absolute Gasteiger partial charge is 0.481 e. The molecule has 4 heteroatoms. The monoisotopic (exact) mass is 237 g/mol. The van der Waals surface area contributed by atoms with Gasteiger partial charge in [-0.2, -0.15) is 0 Å². The Morgan fingerprint density at radius 1 is 1.35 bits per heavy atom. The Hall–Kier alpha value is -1.16. The van der Waals surface area contributed by atoms with E-state index in [1.165, 1.54) is 12.8 Å². The number of nitrogens with zero attached hydrogens (tertiary/aromatic N) is 2. The average molecular weight is 237 g/mol. The summed E-state index contributed by atoms with van der Waals surface area (Å²) in [5.41, 5.74) is 1.01. The molecule has 0 radical (unpaired) electrons. The van der Waals surface area contributed by atoms with Crippen molar-refractivity contribution in [2.24, 2.45) is 5.92 Å². The molecule has 2 atom stereocenters. The van der Waals surface area contributed by atoms with Crippen LogP contribution < -0.4 is 10.1 Å². The lowest BCUT2D eigenvalue weighted by atomic mass is 9.94. The van der Waals surface area contributed by atoms with Crippen LogP contribution in [0.15, 0.2) is 12.4 Å². The number of ether oxygens (including phenoxy) is 1. The molecule has 1 rings (SSSR count). The van der Waals surface area contributed by atoms with Crippen molar-refractivity contribution in [1.29, 1.82) is 0 Å². The first kappa shape index (κ1) is 13.9. The predicted octanol–water partition coefficient (Wildman–Crippen LogP) is 2.57. The van der Waals surface area contributed by atoms with E-state index in [1.807, 2.05) is 6.07 Å². The zero-order chi connectivity index (χ0) is 12.7. The molecule has 0 aliphatic heterocycles. The van der Waals surface area contributed by atoms with Gasteiger partial charge in [-0.15, -0.1) is 0 Å². The fourth-order valence-corrected chi connectivity index (χ4v) is 2.07. The minimum absolute atomic E-state index is 0.275. The third-order valence-electron chi connectivity index (χ3n) is 2.93. The van der Waals surface area contributed by atoms with Crippen LogP contribution in [0.4, 0.5) is 0 Å². The summed E-state index contributed by atoms with van der Waals surface area (Å²) in [6.45, 7) is 7.51. The maximum Gasteiger partial charge on any atom is 0.216 e. The van der Waals surface area contributed by atoms with E-state index in [9.17, 15) is 0 Å². The van der Waals surface area contributed by atoms with Gasteiger partial charge < -0.3 is 10.1 Å². The molecule has 0 amide bonds. The van der Waals surface area contributed by atoms with E-state index in [-0.39, 0.29) is 6.04 Å². The Kier molecular flexibility index (Phi) is 5.91. The average Bonchev–Trinajstić information content (AvgIpc) is 2.36. The van der Waals surface area contributed by atoms with Crippen LogP contribution in [-0.4, -0.2) is 23.6 Å². The first-order valence-corrected chi connectivity index (χ1v) is 6.32. The van der Waals surface area contributed by atoms with Gasteiger partial charge in [0.05, 0.1) is 18.8 Å². The van der Waals surface area contributed by atoms with Crippen LogP contribution in [0, 0.1) is 5.92 Å². The highest BCUT2D eigenvalue weighted by Gasteiger charge is 2.19. The molecule has 0 aliphatic carbocycles. The van der Waals surface area contributed by atoms with Gasteiger partial charge in [-0.05, 0) is 18.9 Å². The van der Waals surface area contributed by atoms with Gasteiger partial charge >= 0.3 is 0 Å². The molecule has 0 aliphatic rings. The molecule has 0 aromatic carbocycles. The molecule has 1 N–H and O–H groups in total. The van der Waals surface area contributed by atoms with E-state index in [2.05, 4.69) is 36.1 Å². The summed E-state index contributed by atoms with van der Waals surface area (Å²) < 4.78 is 5.14. The zero-order valence-electron chi connectivity index (χ0n) is 11.2. The summed E-state index contributed by atoms with van der Waals surface area (Å²) in [5.74, 6) is 1.18. The van der Waals surface area contributed by atoms with E-state index in [0.29, 0.717) is 11.8 Å². The van der Waals surface area contributed by atoms with Crippen LogP contribution in [0.3, 0.4) is 0 Å². The smallest absolute Gasteiger partial charge is 0.216 e. The molecule has 1 heterocycles. The minimum atomic E-state index is 0.275. The van der Waals surface area contributed by atoms with Crippen molar-refractivity contribution in [2.75, 3.05) is 13.7 Å². The SMILES string of the molecule is CCCC(C)C(NCC)c1cc(OC)ncn1. The van der Waals surface area contributed by atoms with Crippen LogP contribution in [0.2, 0.25) is 0 Å². The Morgan fingerprint density at radius 3 is 2.71 bits per heavy atom. The summed E-state index contributed by atoms with van der Waals surface area (Å²) in [6, 6.07) is 2.19. The van der Waals surface area contributed by atoms with E-state index < -0.39 is 0 Å². The Bertz CT molecular complexity index is 330. The summed E-state index contributed by atoms with van der Waals surface area (Å²) in [7, 11) is 1.63. The van der Waals surface area contributed by atoms with E-state index in [4.69, 9.17) is 4.74 Å². The Morgan fingerprint density at radius 2 is 2.12 bits per heavy atom. The molecule has 1 aromatic heterocycles. The van der Waals surface area contributed by atoms with Gasteiger partial charge in [-0.3, -0.25) is 0 Å². The first-order valence-electron chi connectivity index (χ1n) is 6.32. The van der Waals surface area contributed by atoms with Gasteiger partial charge in [-0.25, -0.2) is 9.97 Å². The minimum Gasteiger partial charge on any atom is -0.481 e. The topological polar surface area (TPSA) is 47.0 Å². The van der Waals surface area contributed by atoms with E-state index >= 15 is 0 Å². The number of aromatic nitrogens is 2. The number of nitrogens with one attached hydrogen (secondary N) is 1. The van der Waals surface area contributed by atoms with Crippen LogP contribution in [0.5, 0.6) is 5.88 Å². The first-order chi connectivity index (χ1) is 8.22. The van der Waals surface area contributed by atoms with Gasteiger partial charge in [0.25, 0.3) is 0 Å². The fraction of sp³-hybridized carbons (Fsp3) is 0.692. The van der Waals surface area contributed by atoms with Gasteiger partial charge in [-0.1, -0.05) is 27.2 Å². The lowest BCUT2D eigenvalue weighted by molar-refractivity contribution is 0.355. The molecular formula is C13H23N3O. The summed E-state index contributed by atoms with van der Waals surface area (Å²) in [6.07, 6.45) is 3.94. The van der Waals surface area contributed by atoms with Crippen molar-refractivity contribution in [3.63, 3.8) is 0 Å². The standard InChI is InChI=1S/C13H23N3O/c1-5-7-10(3)13(14-6-2)11-8-12(17-4)16-9-15-11/h8-10,13-14H,5-7H2,1-4H3. The van der Waals surface area contributed by atoms with Gasteiger partial charge in [0.15, 0.2) is 0 Å². The lowest BCUT2D eigenvalue weighted by Gasteiger charge is -2.24. The van der Waals surface area contributed by atoms with Crippen LogP contribution >= 0.6 is 0 Å². The lowest BCUT2D eigenvalue weighted by Crippen LogP contribution is -2.27. The van der Waals surface area contributed by atoms with E-state index in [0.717, 1.165) is 12.2 Å². The van der Waals surface area contributed by atoms with Gasteiger partial charge in [0.2, 0.25) is 5.88 Å². The summed E-state index contributed by atoms with van der Waals surface area (Å²) in [5, 5.41) is 3.49. The number of hydrogen-bond donors (Lipinski definition) is 1. The quantitative estimate of drug-likeness (QED) is 0.791. The van der Waals surface area contributed by atoms with Gasteiger partial charge in [0, 0.05) is 6.07 Å². The molecular weight excluding hydrogens is 214 g/mol. The van der Waals surface area contributed by atoms with Crippen LogP contribution in [0.25, 0.3) is 0 Å². The molecule has 0 fully saturated rings. The van der Waals surface area contributed by atoms with Crippen molar-refractivity contribution in [1.82, 2.24) is 15.3 Å². The highest BCUT2D eigenvalue weighted by molar-refractivity contribution is 5.17. The van der Waals surface area contributed by atoms with Crippen molar-refractivity contribution in [3.05, 3.63) is 18.1 Å². The van der Waals surface area contributed by atoms with Crippen molar-refractivity contribution in [2.45, 2.75) is 39.7 Å². The van der Waals surface area contributed by atoms with E-state index in [1.54, 1.807) is 13.4 Å². The second kappa shape index (κ2) is 7.22. The molecule has 96 valence electrons. The summed E-state index contributed by atoms with van der Waals surface area (Å²) >= 11 is 0. The third-order valence-corrected chi connectivity index (χ3v) is 2.93. The fourth-order valence-electron chi connectivity index (χ4n) is 2.07. The van der Waals surface area contributed by atoms with Gasteiger partial charge in [0.1, 0.15) is 6.33 Å². The molecule has 0 bridgehead atoms. The highest BCUT2D eigenvalue weighted by Crippen LogP contribution is 2.25. The highest BCUT2D eigenvalue weighted by atomic mass is 16.5. The second-order valence-electron chi connectivity index (χ2n) is 4.29. The predicted molar refractivity (Wildman–Crippen MR) is 69.1 cm³/mol. The molecule has 2 unspecified atom stereocenters. The normalized spacial score (nSPS) is 14.4. The van der Waals surface area contributed by atoms with Crippen molar-refractivity contribution >= 4 is 0 Å². The maximum absolute atomic E-state index is 5.14. The molecule has 0 saturated heterocycles. The van der Waals surface area contributed by atoms with Crippen LogP contribution in [-0.2, 0) is 0 Å². The Labute approximate surface area is 104 Å². The zero-order valence-corrected chi connectivity index (χ0v) is 11.2.